The molecule has 0 aliphatic heterocycles. The van der Waals surface area contributed by atoms with Crippen molar-refractivity contribution in [3.8, 4) is 0 Å². The molecule has 1 N–H and O–H groups in total. The number of anilines is 1. The van der Waals surface area contributed by atoms with Crippen LogP contribution in [0.4, 0.5) is 15.8 Å². The normalized spacial score (nSPS) is 11.5. The molecule has 0 aliphatic carbocycles. The van der Waals surface area contributed by atoms with E-state index in [0.717, 1.165) is 12.1 Å². The van der Waals surface area contributed by atoms with Crippen LogP contribution in [0.15, 0.2) is 36.4 Å². The number of ether oxygens (including phenoxy) is 1. The Bertz CT molecular complexity index is 891. The van der Waals surface area contributed by atoms with Crippen molar-refractivity contribution in [3.63, 3.8) is 0 Å². The van der Waals surface area contributed by atoms with Crippen molar-refractivity contribution in [1.29, 1.82) is 0 Å². The predicted molar refractivity (Wildman–Crippen MR) is 93.0 cm³/mol. The van der Waals surface area contributed by atoms with Gasteiger partial charge < -0.3 is 10.1 Å². The summed E-state index contributed by atoms with van der Waals surface area (Å²) in [6, 6.07) is 7.30. The van der Waals surface area contributed by atoms with Crippen LogP contribution in [0.2, 0.25) is 10.0 Å². The van der Waals surface area contributed by atoms with Gasteiger partial charge in [0.05, 0.1) is 20.5 Å². The van der Waals surface area contributed by atoms with E-state index in [1.54, 1.807) is 0 Å². The van der Waals surface area contributed by atoms with Crippen LogP contribution < -0.4 is 5.32 Å². The molecule has 0 unspecified atom stereocenters. The second-order valence-corrected chi connectivity index (χ2v) is 5.87. The second kappa shape index (κ2) is 8.11. The van der Waals surface area contributed by atoms with E-state index < -0.39 is 28.7 Å². The SMILES string of the molecule is C[C@H](OC(=O)c1cc(F)c(Cl)cc1Cl)C(=O)Nc1ccccc1[N+](=O)[O-]. The highest BCUT2D eigenvalue weighted by Gasteiger charge is 2.24. The lowest BCUT2D eigenvalue weighted by molar-refractivity contribution is -0.383. The molecule has 0 fully saturated rings. The molecule has 0 heterocycles. The molecule has 2 aromatic rings. The minimum atomic E-state index is -1.32. The van der Waals surface area contributed by atoms with E-state index >= 15 is 0 Å². The number of hydrogen-bond acceptors (Lipinski definition) is 5. The Morgan fingerprint density at radius 1 is 1.23 bits per heavy atom. The molecule has 2 rings (SSSR count). The van der Waals surface area contributed by atoms with Crippen LogP contribution in [0, 0.1) is 15.9 Å². The number of amides is 1. The zero-order chi connectivity index (χ0) is 19.4. The van der Waals surface area contributed by atoms with E-state index in [1.165, 1.54) is 31.2 Å². The van der Waals surface area contributed by atoms with Gasteiger partial charge in [0.2, 0.25) is 0 Å². The maximum atomic E-state index is 13.5. The standard InChI is InChI=1S/C16H11Cl2FN2O5/c1-8(15(22)20-13-4-2-3-5-14(13)21(24)25)26-16(23)9-6-12(19)11(18)7-10(9)17/h2-8H,1H3,(H,20,22)/t8-/m0/s1. The topological polar surface area (TPSA) is 98.5 Å². The van der Waals surface area contributed by atoms with E-state index in [-0.39, 0.29) is 27.0 Å². The van der Waals surface area contributed by atoms with Gasteiger partial charge in [-0.15, -0.1) is 0 Å². The number of halogens is 3. The summed E-state index contributed by atoms with van der Waals surface area (Å²) in [5, 5.41) is 12.8. The number of rotatable bonds is 5. The summed E-state index contributed by atoms with van der Waals surface area (Å²) in [7, 11) is 0. The fraction of sp³-hybridized carbons (Fsp3) is 0.125. The number of nitro benzene ring substituents is 1. The van der Waals surface area contributed by atoms with E-state index in [9.17, 15) is 24.1 Å². The van der Waals surface area contributed by atoms with Crippen LogP contribution in [0.25, 0.3) is 0 Å². The van der Waals surface area contributed by atoms with E-state index in [2.05, 4.69) is 5.32 Å². The highest BCUT2D eigenvalue weighted by molar-refractivity contribution is 6.36. The van der Waals surface area contributed by atoms with Crippen LogP contribution in [-0.2, 0) is 9.53 Å². The van der Waals surface area contributed by atoms with Gasteiger partial charge in [-0.1, -0.05) is 35.3 Å². The first-order valence-corrected chi connectivity index (χ1v) is 7.86. The molecule has 1 amide bonds. The number of carbonyl (C=O) groups is 2. The molecule has 2 aromatic carbocycles. The first kappa shape index (κ1) is 19.6. The Hall–Kier alpha value is -2.71. The van der Waals surface area contributed by atoms with Gasteiger partial charge in [-0.2, -0.15) is 0 Å². The lowest BCUT2D eigenvalue weighted by atomic mass is 10.2. The maximum absolute atomic E-state index is 13.5. The van der Waals surface area contributed by atoms with Crippen molar-refractivity contribution in [2.45, 2.75) is 13.0 Å². The van der Waals surface area contributed by atoms with Crippen LogP contribution >= 0.6 is 23.2 Å². The van der Waals surface area contributed by atoms with Crippen molar-refractivity contribution in [3.05, 3.63) is 67.9 Å². The Balaban J connectivity index is 2.11. The van der Waals surface area contributed by atoms with E-state index in [1.807, 2.05) is 0 Å². The van der Waals surface area contributed by atoms with Gasteiger partial charge in [0, 0.05) is 6.07 Å². The first-order valence-electron chi connectivity index (χ1n) is 7.10. The zero-order valence-electron chi connectivity index (χ0n) is 13.2. The van der Waals surface area contributed by atoms with Gasteiger partial charge in [0.15, 0.2) is 6.10 Å². The summed E-state index contributed by atoms with van der Waals surface area (Å²) in [6.45, 7) is 1.25. The average Bonchev–Trinajstić information content (AvgIpc) is 2.58. The lowest BCUT2D eigenvalue weighted by Gasteiger charge is -2.14. The predicted octanol–water partition coefficient (Wildman–Crippen LogP) is 4.22. The van der Waals surface area contributed by atoms with Crippen LogP contribution in [0.1, 0.15) is 17.3 Å². The molecule has 0 bridgehead atoms. The number of carbonyl (C=O) groups excluding carboxylic acids is 2. The van der Waals surface area contributed by atoms with Crippen molar-refractivity contribution < 1.29 is 23.6 Å². The third-order valence-corrected chi connectivity index (χ3v) is 3.84. The first-order chi connectivity index (χ1) is 12.2. The van der Waals surface area contributed by atoms with E-state index in [4.69, 9.17) is 27.9 Å². The summed E-state index contributed by atoms with van der Waals surface area (Å²) in [4.78, 5) is 34.5. The lowest BCUT2D eigenvalue weighted by Crippen LogP contribution is -2.30. The third kappa shape index (κ3) is 4.47. The fourth-order valence-corrected chi connectivity index (χ4v) is 2.39. The molecule has 136 valence electrons. The molecule has 0 saturated carbocycles. The van der Waals surface area contributed by atoms with Gasteiger partial charge in [0.1, 0.15) is 11.5 Å². The number of nitro groups is 1. The minimum Gasteiger partial charge on any atom is -0.449 e. The fourth-order valence-electron chi connectivity index (χ4n) is 1.93. The Kier molecular flexibility index (Phi) is 6.12. The molecule has 1 atom stereocenters. The summed E-state index contributed by atoms with van der Waals surface area (Å²) in [5.74, 6) is -2.73. The van der Waals surface area contributed by atoms with Gasteiger partial charge in [-0.05, 0) is 25.1 Å². The number of benzene rings is 2. The Labute approximate surface area is 156 Å². The number of hydrogen-bond donors (Lipinski definition) is 1. The summed E-state index contributed by atoms with van der Waals surface area (Å²) < 4.78 is 18.4. The number of para-hydroxylation sites is 2. The molecule has 10 heteroatoms. The Morgan fingerprint density at radius 2 is 1.88 bits per heavy atom. The smallest absolute Gasteiger partial charge is 0.340 e. The third-order valence-electron chi connectivity index (χ3n) is 3.24. The van der Waals surface area contributed by atoms with Crippen LogP contribution in [-0.4, -0.2) is 22.9 Å². The summed E-state index contributed by atoms with van der Waals surface area (Å²) in [5.41, 5.74) is -0.679. The monoisotopic (exact) mass is 400 g/mol. The number of nitrogens with zero attached hydrogens (tertiary/aromatic N) is 1. The largest absolute Gasteiger partial charge is 0.449 e. The molecule has 0 spiro atoms. The van der Waals surface area contributed by atoms with Crippen molar-refractivity contribution >= 4 is 46.5 Å². The molecule has 0 aromatic heterocycles. The van der Waals surface area contributed by atoms with Gasteiger partial charge >= 0.3 is 5.97 Å². The molecule has 0 saturated heterocycles. The molecule has 26 heavy (non-hydrogen) atoms. The van der Waals surface area contributed by atoms with Crippen LogP contribution in [0.3, 0.4) is 0 Å². The summed E-state index contributed by atoms with van der Waals surface area (Å²) >= 11 is 11.4. The van der Waals surface area contributed by atoms with Crippen LogP contribution in [0.5, 0.6) is 0 Å². The van der Waals surface area contributed by atoms with Gasteiger partial charge in [-0.3, -0.25) is 14.9 Å². The molecular weight excluding hydrogens is 390 g/mol. The number of esters is 1. The van der Waals surface area contributed by atoms with Crippen molar-refractivity contribution in [2.75, 3.05) is 5.32 Å². The molecule has 7 nitrogen and oxygen atoms in total. The quantitative estimate of drug-likeness (QED) is 0.350. The molecular formula is C16H11Cl2FN2O5. The highest BCUT2D eigenvalue weighted by atomic mass is 35.5. The maximum Gasteiger partial charge on any atom is 0.340 e. The van der Waals surface area contributed by atoms with E-state index in [0.29, 0.717) is 0 Å². The van der Waals surface area contributed by atoms with Crippen molar-refractivity contribution in [1.82, 2.24) is 0 Å². The zero-order valence-corrected chi connectivity index (χ0v) is 14.7. The molecule has 0 radical (unpaired) electrons. The summed E-state index contributed by atoms with van der Waals surface area (Å²) in [6.07, 6.45) is -1.32. The van der Waals surface area contributed by atoms with Gasteiger partial charge in [0.25, 0.3) is 11.6 Å². The second-order valence-electron chi connectivity index (χ2n) is 5.06. The van der Waals surface area contributed by atoms with Crippen molar-refractivity contribution in [2.24, 2.45) is 0 Å². The average molecular weight is 401 g/mol. The number of nitrogens with one attached hydrogen (secondary N) is 1. The highest BCUT2D eigenvalue weighted by Crippen LogP contribution is 2.26. The minimum absolute atomic E-state index is 0.0547. The molecule has 0 aliphatic rings. The Morgan fingerprint density at radius 3 is 2.54 bits per heavy atom. The van der Waals surface area contributed by atoms with Gasteiger partial charge in [-0.25, -0.2) is 9.18 Å².